The number of phosphoric ester groups is 1. The second-order valence-electron chi connectivity index (χ2n) is 15.5. The lowest BCUT2D eigenvalue weighted by Gasteiger charge is -2.35. The Labute approximate surface area is 417 Å². The number of phosphoric acid groups is 3. The highest BCUT2D eigenvalue weighted by Crippen LogP contribution is 2.64. The number of imidazole rings is 3. The van der Waals surface area contributed by atoms with E-state index in [0.29, 0.717) is 22.5 Å². The van der Waals surface area contributed by atoms with Gasteiger partial charge in [-0.05, 0) is 0 Å². The lowest BCUT2D eigenvalue weighted by molar-refractivity contribution is -0.339. The largest absolute Gasteiger partial charge is 0.790 e. The lowest BCUT2D eigenvalue weighted by Crippen LogP contribution is -2.34. The number of fused-ring (bicyclic) bond motifs is 3. The molecule has 0 bridgehead atoms. The fourth-order valence-electron chi connectivity index (χ4n) is 7.44. The van der Waals surface area contributed by atoms with Crippen LogP contribution in [0.15, 0.2) is 19.0 Å². The van der Waals surface area contributed by atoms with Gasteiger partial charge in [-0.1, -0.05) is 11.6 Å². The number of nitrogens with two attached hydrogens (primary N) is 3. The van der Waals surface area contributed by atoms with Gasteiger partial charge in [-0.2, -0.15) is 39.3 Å². The van der Waals surface area contributed by atoms with Crippen molar-refractivity contribution in [3.8, 4) is 0 Å². The second kappa shape index (κ2) is 22.3. The molecule has 0 aliphatic carbocycles. The highest BCUT2D eigenvalue weighted by Gasteiger charge is 2.48. The first-order valence-electron chi connectivity index (χ1n) is 20.7. The molecule has 17 N–H and O–H groups in total. The first kappa shape index (κ1) is 56.8. The van der Waals surface area contributed by atoms with E-state index in [-0.39, 0.29) is 45.6 Å². The van der Waals surface area contributed by atoms with Gasteiger partial charge in [0.25, 0.3) is 0 Å². The molecule has 38 nitrogen and oxygen atoms in total. The standard InChI is InChI=1S/C11H19N6O13P3.C11H16N6O4.C10H12ClN5O4/c1-13-8-5-9(16-11(12)15-8)17(3-14-5)10-7(19)6(18)4(28-10)2-27-32(23,24)30-33(25,26)29-31(20,21)22;1-13-8-5-9(16-11(12)15-8)17(3-14-5)10-7(20)6(19)4(2-18)21-10;11-7-4-8(15-10(12)14-7)16(2-13-4)9-6(19)5(18)3(1-17)20-9/h3-4,6-7,10,18-19H,2H2,1H3,(H,23,24)(H,25,26)(H2,20,21,22)(H3,12,13,15,16);3-4,6-7,10,18-20H,2H2,1H3,(H3,12,13,15,16);2-3,5-6,9,17-19H,1H2,(H2,12,14,15)/p-3/t2*4-,6?,7+,10-;3-,5?,6+,9-/m111/s1. The van der Waals surface area contributed by atoms with Crippen molar-refractivity contribution in [2.45, 2.75) is 73.6 Å². The molecule has 14 atom stereocenters. The maximum Gasteiger partial charge on any atom is 0.386 e. The van der Waals surface area contributed by atoms with Crippen molar-refractivity contribution in [2.75, 3.05) is 61.8 Å². The zero-order chi connectivity index (χ0) is 54.4. The summed E-state index contributed by atoms with van der Waals surface area (Å²) in [5.74, 6) is 0.552. The summed E-state index contributed by atoms with van der Waals surface area (Å²) in [5, 5.41) is 84.1. The molecule has 0 saturated carbocycles. The molecule has 6 aromatic rings. The summed E-state index contributed by atoms with van der Waals surface area (Å²) in [6.07, 6.45) is -10.8. The zero-order valence-electron chi connectivity index (χ0n) is 37.5. The fourth-order valence-corrected chi connectivity index (χ4v) is 10.6. The third-order valence-electron chi connectivity index (χ3n) is 10.7. The molecule has 0 radical (unpaired) electrons. The summed E-state index contributed by atoms with van der Waals surface area (Å²) in [4.78, 5) is 89.2. The molecule has 0 spiro atoms. The highest BCUT2D eigenvalue weighted by atomic mass is 35.5. The minimum Gasteiger partial charge on any atom is -0.790 e. The highest BCUT2D eigenvalue weighted by molar-refractivity contribution is 7.67. The maximum absolute atomic E-state index is 11.8. The second-order valence-corrected chi connectivity index (χ2v) is 20.2. The van der Waals surface area contributed by atoms with Crippen LogP contribution in [0.2, 0.25) is 5.15 Å². The Morgan fingerprint density at radius 1 is 0.649 bits per heavy atom. The molecular weight excluding hydrogens is 1090 g/mol. The summed E-state index contributed by atoms with van der Waals surface area (Å²) < 4.78 is 52.9. The summed E-state index contributed by atoms with van der Waals surface area (Å²) >= 11 is 5.90. The van der Waals surface area contributed by atoms with Crippen LogP contribution in [0, 0.1) is 0 Å². The number of ether oxygens (including phenoxy) is 3. The molecule has 9 heterocycles. The first-order chi connectivity index (χ1) is 34.7. The molecule has 0 amide bonds. The number of anilines is 5. The Balaban J connectivity index is 0.000000170. The summed E-state index contributed by atoms with van der Waals surface area (Å²) in [6, 6.07) is 0. The number of aliphatic hydroxyl groups excluding tert-OH is 8. The Morgan fingerprint density at radius 3 is 1.39 bits per heavy atom. The number of aliphatic hydroxyl groups is 8. The zero-order valence-corrected chi connectivity index (χ0v) is 41.0. The number of nitrogen functional groups attached to an aromatic ring is 3. The van der Waals surface area contributed by atoms with Crippen LogP contribution in [0.25, 0.3) is 33.5 Å². The molecule has 9 rings (SSSR count). The molecule has 0 aromatic carbocycles. The number of hydrogen-bond acceptors (Lipinski definition) is 35. The van der Waals surface area contributed by atoms with Gasteiger partial charge in [-0.15, -0.1) is 4.31 Å². The van der Waals surface area contributed by atoms with Crippen molar-refractivity contribution in [3.63, 3.8) is 0 Å². The smallest absolute Gasteiger partial charge is 0.386 e. The first-order valence-corrected chi connectivity index (χ1v) is 25.5. The van der Waals surface area contributed by atoms with Gasteiger partial charge >= 0.3 is 16.0 Å². The van der Waals surface area contributed by atoms with Gasteiger partial charge < -0.3 is 107 Å². The summed E-state index contributed by atoms with van der Waals surface area (Å²) in [5.41, 5.74) is 18.6. The predicted octanol–water partition coefficient (Wildman–Crippen LogP) is -7.82. The van der Waals surface area contributed by atoms with Crippen molar-refractivity contribution in [1.82, 2.24) is 58.6 Å². The van der Waals surface area contributed by atoms with Crippen LogP contribution in [0.5, 0.6) is 0 Å². The maximum atomic E-state index is 11.8. The molecule has 3 aliphatic rings. The van der Waals surface area contributed by atoms with Crippen molar-refractivity contribution >= 4 is 98.4 Å². The molecule has 74 heavy (non-hydrogen) atoms. The third kappa shape index (κ3) is 12.0. The number of aromatic nitrogens is 12. The lowest BCUT2D eigenvalue weighted by atomic mass is 10.1. The van der Waals surface area contributed by atoms with Gasteiger partial charge in [0, 0.05) is 14.1 Å². The number of halogens is 1. The van der Waals surface area contributed by atoms with Gasteiger partial charge in [0.1, 0.15) is 67.1 Å². The van der Waals surface area contributed by atoms with Crippen molar-refractivity contribution in [2.24, 2.45) is 0 Å². The third-order valence-corrected chi connectivity index (χ3v) is 14.7. The monoisotopic (exact) mass is 1130 g/mol. The molecule has 42 heteroatoms. The Bertz CT molecular complexity index is 3050. The van der Waals surface area contributed by atoms with Crippen LogP contribution in [0.1, 0.15) is 18.7 Å². The number of nitrogens with zero attached hydrogens (tertiary/aromatic N) is 12. The van der Waals surface area contributed by atoms with E-state index >= 15 is 0 Å². The van der Waals surface area contributed by atoms with Crippen molar-refractivity contribution in [3.05, 3.63) is 24.1 Å². The van der Waals surface area contributed by atoms with Gasteiger partial charge in [0.2, 0.25) is 17.8 Å². The number of rotatable bonds is 14. The van der Waals surface area contributed by atoms with Crippen LogP contribution in [0.4, 0.5) is 29.5 Å². The summed E-state index contributed by atoms with van der Waals surface area (Å²) in [7, 11) is -14.6. The van der Waals surface area contributed by atoms with Gasteiger partial charge in [-0.3, -0.25) is 22.6 Å². The van der Waals surface area contributed by atoms with Gasteiger partial charge in [-0.25, -0.2) is 15.0 Å². The minimum absolute atomic E-state index is 0.0420. The Morgan fingerprint density at radius 2 is 1.01 bits per heavy atom. The van der Waals surface area contributed by atoms with Gasteiger partial charge in [0.15, 0.2) is 63.4 Å². The van der Waals surface area contributed by atoms with E-state index in [0.717, 1.165) is 0 Å². The Hall–Kier alpha value is -4.93. The molecule has 6 aromatic heterocycles. The molecule has 408 valence electrons. The predicted molar refractivity (Wildman–Crippen MR) is 238 cm³/mol. The molecule has 3 fully saturated rings. The van der Waals surface area contributed by atoms with E-state index in [1.165, 1.54) is 32.7 Å². The van der Waals surface area contributed by atoms with E-state index < -0.39 is 117 Å². The number of nitrogens with one attached hydrogen (secondary N) is 2. The Kier molecular flexibility index (Phi) is 17.1. The van der Waals surface area contributed by atoms with Crippen LogP contribution < -0.4 is 47.4 Å². The fraction of sp³-hybridized carbons (Fsp3) is 0.531. The van der Waals surface area contributed by atoms with Crippen LogP contribution in [-0.2, 0) is 36.5 Å². The van der Waals surface area contributed by atoms with Crippen LogP contribution >= 0.6 is 35.4 Å². The average molecular weight is 1130 g/mol. The average Bonchev–Trinajstić information content (AvgIpc) is 4.18. The van der Waals surface area contributed by atoms with Crippen LogP contribution in [0.3, 0.4) is 0 Å². The summed E-state index contributed by atoms with van der Waals surface area (Å²) in [6.45, 7) is -1.85. The molecular formula is C32H44ClN17O21P3-3. The van der Waals surface area contributed by atoms with Gasteiger partial charge in [0.05, 0.1) is 40.0 Å². The molecule has 3 aliphatic heterocycles. The van der Waals surface area contributed by atoms with E-state index in [1.54, 1.807) is 14.1 Å². The number of hydrogen-bond donors (Lipinski definition) is 14. The van der Waals surface area contributed by atoms with E-state index in [9.17, 15) is 64.2 Å². The van der Waals surface area contributed by atoms with Crippen LogP contribution in [-0.4, -0.2) is 193 Å². The van der Waals surface area contributed by atoms with Crippen molar-refractivity contribution in [1.29, 1.82) is 0 Å². The van der Waals surface area contributed by atoms with Crippen molar-refractivity contribution < 1.29 is 102 Å². The van der Waals surface area contributed by atoms with E-state index in [4.69, 9.17) is 53.2 Å². The molecule has 3 saturated heterocycles. The topological polar surface area (TPSA) is 597 Å². The minimum atomic E-state index is -6.12. The van der Waals surface area contributed by atoms with E-state index in [2.05, 4.69) is 68.6 Å². The SMILES string of the molecule is CNc1nc(N)nc2c1ncn2[C@@H]1O[C@H](CO)C(O)[C@@H]1O.CNc1nc(N)nc2c1ncn2[C@@H]1O[C@H](CO[P+]([O-])(O)OP(=O)([O-])OP(=O)([O-])[O-])C(O)[C@@H]1O.Nc1nc(Cl)c2ncn([C@@H]3O[C@H](CO)C(O)[C@@H]3O)c2n1. The van der Waals surface area contributed by atoms with E-state index in [1.807, 2.05) is 0 Å². The molecule has 5 unspecified atom stereocenters. The normalized spacial score (nSPS) is 28.6. The quantitative estimate of drug-likeness (QED) is 0.0356.